The van der Waals surface area contributed by atoms with Crippen LogP contribution in [-0.4, -0.2) is 24.3 Å². The molecule has 1 fully saturated rings. The molecule has 0 spiro atoms. The molecule has 2 aromatic rings. The second kappa shape index (κ2) is 7.25. The van der Waals surface area contributed by atoms with Gasteiger partial charge in [-0.05, 0) is 61.9 Å². The van der Waals surface area contributed by atoms with Crippen LogP contribution in [0.25, 0.3) is 0 Å². The van der Waals surface area contributed by atoms with Crippen molar-refractivity contribution < 1.29 is 5.11 Å². The summed E-state index contributed by atoms with van der Waals surface area (Å²) >= 11 is 1.75. The van der Waals surface area contributed by atoms with Gasteiger partial charge in [0.1, 0.15) is 6.07 Å². The molecule has 1 aliphatic rings. The van der Waals surface area contributed by atoms with E-state index in [4.69, 9.17) is 0 Å². The highest BCUT2D eigenvalue weighted by Crippen LogP contribution is 2.30. The maximum atomic E-state index is 9.66. The maximum absolute atomic E-state index is 9.66. The molecule has 24 heavy (non-hydrogen) atoms. The van der Waals surface area contributed by atoms with Gasteiger partial charge in [-0.25, -0.2) is 0 Å². The number of piperidine rings is 1. The van der Waals surface area contributed by atoms with E-state index in [1.807, 2.05) is 18.2 Å². The van der Waals surface area contributed by atoms with Crippen molar-refractivity contribution in [1.82, 2.24) is 0 Å². The Labute approximate surface area is 147 Å². The summed E-state index contributed by atoms with van der Waals surface area (Å²) in [6, 6.07) is 10.7. The third-order valence-corrected chi connectivity index (χ3v) is 5.80. The normalized spacial score (nSPS) is 16.7. The number of hydrogen-bond donors (Lipinski definition) is 2. The molecule has 2 heterocycles. The van der Waals surface area contributed by atoms with Crippen LogP contribution in [0.5, 0.6) is 0 Å². The molecule has 1 saturated heterocycles. The average Bonchev–Trinajstić information content (AvgIpc) is 3.02. The first kappa shape index (κ1) is 16.8. The summed E-state index contributed by atoms with van der Waals surface area (Å²) in [6.07, 6.45) is 1.32. The molecule has 1 aromatic carbocycles. The Morgan fingerprint density at radius 2 is 2.08 bits per heavy atom. The van der Waals surface area contributed by atoms with Crippen molar-refractivity contribution >= 4 is 22.7 Å². The van der Waals surface area contributed by atoms with E-state index < -0.39 is 0 Å². The zero-order chi connectivity index (χ0) is 17.1. The maximum Gasteiger partial charge on any atom is 0.101 e. The van der Waals surface area contributed by atoms with Gasteiger partial charge in [0, 0.05) is 23.7 Å². The predicted molar refractivity (Wildman–Crippen MR) is 99.7 cm³/mol. The van der Waals surface area contributed by atoms with E-state index >= 15 is 0 Å². The SMILES string of the molecule is Cc1ccsc1C(C)Nc1ccc(N2CCC(O)CC2)c(C#N)c1. The van der Waals surface area contributed by atoms with E-state index in [0.29, 0.717) is 5.56 Å². The molecule has 5 heteroatoms. The van der Waals surface area contributed by atoms with Gasteiger partial charge in [-0.3, -0.25) is 0 Å². The molecule has 0 bridgehead atoms. The average molecular weight is 341 g/mol. The molecule has 126 valence electrons. The number of hydrogen-bond acceptors (Lipinski definition) is 5. The fourth-order valence-electron chi connectivity index (χ4n) is 3.24. The lowest BCUT2D eigenvalue weighted by molar-refractivity contribution is 0.145. The molecular formula is C19H23N3OS. The van der Waals surface area contributed by atoms with Gasteiger partial charge in [0.2, 0.25) is 0 Å². The Balaban J connectivity index is 1.77. The van der Waals surface area contributed by atoms with Gasteiger partial charge in [0.15, 0.2) is 0 Å². The second-order valence-corrected chi connectivity index (χ2v) is 7.34. The van der Waals surface area contributed by atoms with E-state index in [9.17, 15) is 10.4 Å². The van der Waals surface area contributed by atoms with Gasteiger partial charge in [0.25, 0.3) is 0 Å². The molecule has 1 atom stereocenters. The van der Waals surface area contributed by atoms with Crippen LogP contribution in [-0.2, 0) is 0 Å². The number of rotatable bonds is 4. The topological polar surface area (TPSA) is 59.3 Å². The first-order valence-corrected chi connectivity index (χ1v) is 9.24. The van der Waals surface area contributed by atoms with E-state index in [-0.39, 0.29) is 12.1 Å². The van der Waals surface area contributed by atoms with Gasteiger partial charge in [-0.2, -0.15) is 5.26 Å². The lowest BCUT2D eigenvalue weighted by Crippen LogP contribution is -2.36. The summed E-state index contributed by atoms with van der Waals surface area (Å²) in [5.41, 5.74) is 3.91. The van der Waals surface area contributed by atoms with Crippen molar-refractivity contribution in [2.75, 3.05) is 23.3 Å². The van der Waals surface area contributed by atoms with Gasteiger partial charge in [-0.1, -0.05) is 0 Å². The van der Waals surface area contributed by atoms with Crippen LogP contribution in [0.3, 0.4) is 0 Å². The minimum Gasteiger partial charge on any atom is -0.393 e. The molecule has 0 amide bonds. The lowest BCUT2D eigenvalue weighted by atomic mass is 10.0. The van der Waals surface area contributed by atoms with Crippen LogP contribution < -0.4 is 10.2 Å². The number of nitriles is 1. The molecular weight excluding hydrogens is 318 g/mol. The summed E-state index contributed by atoms with van der Waals surface area (Å²) in [6.45, 7) is 5.87. The van der Waals surface area contributed by atoms with Crippen molar-refractivity contribution in [2.24, 2.45) is 0 Å². The molecule has 1 aliphatic heterocycles. The fraction of sp³-hybridized carbons (Fsp3) is 0.421. The van der Waals surface area contributed by atoms with Crippen LogP contribution in [0.15, 0.2) is 29.6 Å². The quantitative estimate of drug-likeness (QED) is 0.880. The van der Waals surface area contributed by atoms with Crippen molar-refractivity contribution in [3.8, 4) is 6.07 Å². The number of benzene rings is 1. The molecule has 4 nitrogen and oxygen atoms in total. The Morgan fingerprint density at radius 3 is 2.71 bits per heavy atom. The summed E-state index contributed by atoms with van der Waals surface area (Å²) < 4.78 is 0. The first-order chi connectivity index (χ1) is 11.6. The van der Waals surface area contributed by atoms with Crippen LogP contribution in [0.4, 0.5) is 11.4 Å². The van der Waals surface area contributed by atoms with Crippen molar-refractivity contribution in [3.63, 3.8) is 0 Å². The van der Waals surface area contributed by atoms with Crippen molar-refractivity contribution in [3.05, 3.63) is 45.6 Å². The minimum absolute atomic E-state index is 0.206. The van der Waals surface area contributed by atoms with E-state index in [2.05, 4.69) is 41.6 Å². The number of nitrogens with one attached hydrogen (secondary N) is 1. The number of aliphatic hydroxyl groups excluding tert-OH is 1. The Hall–Kier alpha value is -2.03. The summed E-state index contributed by atoms with van der Waals surface area (Å²) in [7, 11) is 0. The zero-order valence-electron chi connectivity index (χ0n) is 14.1. The van der Waals surface area contributed by atoms with Crippen molar-refractivity contribution in [2.45, 2.75) is 38.8 Å². The number of thiophene rings is 1. The van der Waals surface area contributed by atoms with Crippen LogP contribution in [0, 0.1) is 18.3 Å². The minimum atomic E-state index is -0.206. The number of aryl methyl sites for hydroxylation is 1. The summed E-state index contributed by atoms with van der Waals surface area (Å²) in [5.74, 6) is 0. The Morgan fingerprint density at radius 1 is 1.33 bits per heavy atom. The number of anilines is 2. The lowest BCUT2D eigenvalue weighted by Gasteiger charge is -2.32. The molecule has 1 unspecified atom stereocenters. The first-order valence-electron chi connectivity index (χ1n) is 8.36. The standard InChI is InChI=1S/C19H23N3OS/c1-13-7-10-24-19(13)14(2)21-16-3-4-18(15(11-16)12-20)22-8-5-17(23)6-9-22/h3-4,7,10-11,14,17,21,23H,5-6,8-9H2,1-2H3. The van der Waals surface area contributed by atoms with E-state index in [0.717, 1.165) is 37.3 Å². The zero-order valence-corrected chi connectivity index (χ0v) is 14.9. The van der Waals surface area contributed by atoms with Crippen LogP contribution in [0.2, 0.25) is 0 Å². The van der Waals surface area contributed by atoms with Crippen molar-refractivity contribution in [1.29, 1.82) is 5.26 Å². The van der Waals surface area contributed by atoms with Crippen LogP contribution >= 0.6 is 11.3 Å². The highest BCUT2D eigenvalue weighted by molar-refractivity contribution is 7.10. The fourth-order valence-corrected chi connectivity index (χ4v) is 4.18. The second-order valence-electron chi connectivity index (χ2n) is 6.40. The van der Waals surface area contributed by atoms with Crippen LogP contribution in [0.1, 0.15) is 41.8 Å². The van der Waals surface area contributed by atoms with Gasteiger partial charge >= 0.3 is 0 Å². The smallest absolute Gasteiger partial charge is 0.101 e. The van der Waals surface area contributed by atoms with E-state index in [1.54, 1.807) is 11.3 Å². The Bertz CT molecular complexity index is 741. The predicted octanol–water partition coefficient (Wildman–Crippen LogP) is 4.06. The van der Waals surface area contributed by atoms with Gasteiger partial charge < -0.3 is 15.3 Å². The third-order valence-electron chi connectivity index (χ3n) is 4.60. The van der Waals surface area contributed by atoms with E-state index in [1.165, 1.54) is 10.4 Å². The molecule has 0 saturated carbocycles. The molecule has 3 rings (SSSR count). The van der Waals surface area contributed by atoms with Gasteiger partial charge in [0.05, 0.1) is 23.4 Å². The third kappa shape index (κ3) is 3.55. The number of aliphatic hydroxyl groups is 1. The highest BCUT2D eigenvalue weighted by atomic mass is 32.1. The summed E-state index contributed by atoms with van der Waals surface area (Å²) in [5, 5.41) is 24.8. The molecule has 2 N–H and O–H groups in total. The molecule has 1 aromatic heterocycles. The van der Waals surface area contributed by atoms with Gasteiger partial charge in [-0.15, -0.1) is 11.3 Å². The Kier molecular flexibility index (Phi) is 5.08. The molecule has 0 aliphatic carbocycles. The highest BCUT2D eigenvalue weighted by Gasteiger charge is 2.20. The summed E-state index contributed by atoms with van der Waals surface area (Å²) in [4.78, 5) is 3.52. The molecule has 0 radical (unpaired) electrons. The number of nitrogens with zero attached hydrogens (tertiary/aromatic N) is 2. The monoisotopic (exact) mass is 341 g/mol. The largest absolute Gasteiger partial charge is 0.393 e.